The zero-order valence-corrected chi connectivity index (χ0v) is 14.4. The molecule has 1 aliphatic heterocycles. The lowest BCUT2D eigenvalue weighted by molar-refractivity contribution is 0.0299. The van der Waals surface area contributed by atoms with Crippen molar-refractivity contribution >= 4 is 24.0 Å². The molecular weight excluding hydrogens is 312 g/mol. The van der Waals surface area contributed by atoms with Crippen molar-refractivity contribution in [1.82, 2.24) is 5.32 Å². The highest BCUT2D eigenvalue weighted by Gasteiger charge is 2.17. The number of ether oxygens (including phenoxy) is 1. The molecule has 0 bridgehead atoms. The third kappa shape index (κ3) is 4.85. The lowest BCUT2D eigenvalue weighted by atomic mass is 9.97. The van der Waals surface area contributed by atoms with Gasteiger partial charge >= 0.3 is 0 Å². The highest BCUT2D eigenvalue weighted by Crippen LogP contribution is 2.25. The number of halogens is 1. The molecule has 1 amide bonds. The number of rotatable bonds is 5. The Hall–Kier alpha value is -1.26. The number of benzene rings is 1. The number of hydrogen-bond acceptors (Lipinski definition) is 3. The monoisotopic (exact) mass is 338 g/mol. The fourth-order valence-electron chi connectivity index (χ4n) is 3.44. The molecule has 4 nitrogen and oxygen atoms in total. The summed E-state index contributed by atoms with van der Waals surface area (Å²) in [4.78, 5) is 12.4. The van der Waals surface area contributed by atoms with E-state index in [1.54, 1.807) is 0 Å². The van der Waals surface area contributed by atoms with Gasteiger partial charge in [-0.05, 0) is 43.4 Å². The summed E-state index contributed by atoms with van der Waals surface area (Å²) in [6, 6.07) is 5.92. The number of carbonyl (C=O) groups is 1. The second kappa shape index (κ2) is 9.14. The van der Waals surface area contributed by atoms with Crippen molar-refractivity contribution in [3.63, 3.8) is 0 Å². The molecule has 5 heteroatoms. The van der Waals surface area contributed by atoms with Crippen LogP contribution in [0.1, 0.15) is 54.4 Å². The van der Waals surface area contributed by atoms with Crippen molar-refractivity contribution in [3.05, 3.63) is 29.3 Å². The van der Waals surface area contributed by atoms with E-state index < -0.39 is 0 Å². The van der Waals surface area contributed by atoms with Gasteiger partial charge in [0.1, 0.15) is 0 Å². The first-order chi connectivity index (χ1) is 10.8. The Bertz CT molecular complexity index is 516. The van der Waals surface area contributed by atoms with E-state index in [2.05, 4.69) is 16.7 Å². The maximum atomic E-state index is 12.4. The molecule has 0 aromatic heterocycles. The molecule has 1 heterocycles. The van der Waals surface area contributed by atoms with Crippen LogP contribution in [-0.2, 0) is 11.2 Å². The molecule has 1 aromatic carbocycles. The van der Waals surface area contributed by atoms with Crippen LogP contribution in [-0.4, -0.2) is 31.7 Å². The molecule has 2 N–H and O–H groups in total. The zero-order valence-electron chi connectivity index (χ0n) is 13.6. The van der Waals surface area contributed by atoms with E-state index in [4.69, 9.17) is 4.74 Å². The Morgan fingerprint density at radius 3 is 2.87 bits per heavy atom. The van der Waals surface area contributed by atoms with E-state index in [1.165, 1.54) is 32.1 Å². The molecule has 23 heavy (non-hydrogen) atoms. The van der Waals surface area contributed by atoms with Gasteiger partial charge in [0.25, 0.3) is 5.91 Å². The molecule has 0 spiro atoms. The van der Waals surface area contributed by atoms with Crippen LogP contribution in [0.5, 0.6) is 0 Å². The maximum Gasteiger partial charge on any atom is 0.251 e. The topological polar surface area (TPSA) is 50.4 Å². The maximum absolute atomic E-state index is 12.4. The molecule has 2 aliphatic rings. The van der Waals surface area contributed by atoms with Gasteiger partial charge < -0.3 is 15.4 Å². The van der Waals surface area contributed by atoms with Crippen molar-refractivity contribution in [3.8, 4) is 0 Å². The largest absolute Gasteiger partial charge is 0.385 e. The van der Waals surface area contributed by atoms with Crippen LogP contribution in [0.3, 0.4) is 0 Å². The average molecular weight is 339 g/mol. The quantitative estimate of drug-likeness (QED) is 0.807. The van der Waals surface area contributed by atoms with E-state index in [0.29, 0.717) is 19.3 Å². The second-order valence-corrected chi connectivity index (χ2v) is 6.25. The molecular formula is C18H27ClN2O2. The number of nitrogens with one attached hydrogen (secondary N) is 2. The summed E-state index contributed by atoms with van der Waals surface area (Å²) in [5, 5.41) is 6.36. The summed E-state index contributed by atoms with van der Waals surface area (Å²) in [7, 11) is 0. The van der Waals surface area contributed by atoms with Crippen LogP contribution in [0.4, 0.5) is 5.69 Å². The summed E-state index contributed by atoms with van der Waals surface area (Å²) in [6.07, 6.45) is 8.70. The van der Waals surface area contributed by atoms with E-state index in [1.807, 2.05) is 12.1 Å². The van der Waals surface area contributed by atoms with Crippen LogP contribution < -0.4 is 10.6 Å². The van der Waals surface area contributed by atoms with Crippen molar-refractivity contribution < 1.29 is 9.53 Å². The Labute approximate surface area is 144 Å². The third-order valence-corrected chi connectivity index (χ3v) is 4.63. The normalized spacial score (nSPS) is 17.6. The van der Waals surface area contributed by atoms with Crippen LogP contribution in [0.15, 0.2) is 18.2 Å². The summed E-state index contributed by atoms with van der Waals surface area (Å²) in [5.41, 5.74) is 3.07. The second-order valence-electron chi connectivity index (χ2n) is 6.25. The van der Waals surface area contributed by atoms with Gasteiger partial charge in [0.05, 0.1) is 12.7 Å². The highest BCUT2D eigenvalue weighted by molar-refractivity contribution is 5.97. The molecule has 0 saturated heterocycles. The first-order valence-corrected chi connectivity index (χ1v) is 8.60. The number of anilines is 1. The molecule has 0 atom stereocenters. The summed E-state index contributed by atoms with van der Waals surface area (Å²) in [5.74, 6) is 0.0211. The van der Waals surface area contributed by atoms with Crippen LogP contribution >= 0.6 is 12.4 Å². The SMILES string of the molecule is Cl.O=C(NCCOC1CCCCC1)c1cccc2c1CCCN2. The minimum absolute atomic E-state index is 0. The molecule has 1 fully saturated rings. The smallest absolute Gasteiger partial charge is 0.251 e. The number of amides is 1. The van der Waals surface area contributed by atoms with Gasteiger partial charge in [0, 0.05) is 24.3 Å². The van der Waals surface area contributed by atoms with Gasteiger partial charge in [0.15, 0.2) is 0 Å². The number of hydrogen-bond donors (Lipinski definition) is 2. The van der Waals surface area contributed by atoms with Crippen molar-refractivity contribution in [2.45, 2.75) is 51.0 Å². The summed E-state index contributed by atoms with van der Waals surface area (Å²) < 4.78 is 5.85. The standard InChI is InChI=1S/C18H26N2O2.ClH/c21-18(20-12-13-22-14-6-2-1-3-7-14)16-8-4-10-17-15(16)9-5-11-19-17;/h4,8,10,14,19H,1-3,5-7,9,11-13H2,(H,20,21);1H. The average Bonchev–Trinajstić information content (AvgIpc) is 2.59. The summed E-state index contributed by atoms with van der Waals surface area (Å²) in [6.45, 7) is 2.20. The predicted octanol–water partition coefficient (Wildman–Crippen LogP) is 3.55. The van der Waals surface area contributed by atoms with E-state index in [-0.39, 0.29) is 18.3 Å². The minimum atomic E-state index is 0. The Balaban J connectivity index is 0.00000192. The predicted molar refractivity (Wildman–Crippen MR) is 95.7 cm³/mol. The van der Waals surface area contributed by atoms with E-state index in [9.17, 15) is 4.79 Å². The van der Waals surface area contributed by atoms with Crippen molar-refractivity contribution in [1.29, 1.82) is 0 Å². The van der Waals surface area contributed by atoms with Gasteiger partial charge in [-0.1, -0.05) is 25.3 Å². The number of fused-ring (bicyclic) bond motifs is 1. The molecule has 0 radical (unpaired) electrons. The van der Waals surface area contributed by atoms with Crippen LogP contribution in [0, 0.1) is 0 Å². The van der Waals surface area contributed by atoms with Crippen LogP contribution in [0.25, 0.3) is 0 Å². The first-order valence-electron chi connectivity index (χ1n) is 8.60. The fourth-order valence-corrected chi connectivity index (χ4v) is 3.44. The molecule has 128 valence electrons. The molecule has 1 saturated carbocycles. The fraction of sp³-hybridized carbons (Fsp3) is 0.611. The first kappa shape index (κ1) is 18.1. The van der Waals surface area contributed by atoms with Gasteiger partial charge in [-0.3, -0.25) is 4.79 Å². The molecule has 1 aliphatic carbocycles. The number of carbonyl (C=O) groups excluding carboxylic acids is 1. The Morgan fingerprint density at radius 2 is 2.04 bits per heavy atom. The lowest BCUT2D eigenvalue weighted by Crippen LogP contribution is -2.30. The van der Waals surface area contributed by atoms with Crippen LogP contribution in [0.2, 0.25) is 0 Å². The Kier molecular flexibility index (Phi) is 7.18. The van der Waals surface area contributed by atoms with Gasteiger partial charge in [-0.15, -0.1) is 12.4 Å². The summed E-state index contributed by atoms with van der Waals surface area (Å²) >= 11 is 0. The van der Waals surface area contributed by atoms with Gasteiger partial charge in [0.2, 0.25) is 0 Å². The van der Waals surface area contributed by atoms with E-state index in [0.717, 1.165) is 36.2 Å². The zero-order chi connectivity index (χ0) is 15.2. The molecule has 3 rings (SSSR count). The molecule has 0 unspecified atom stereocenters. The van der Waals surface area contributed by atoms with Crippen molar-refractivity contribution in [2.75, 3.05) is 25.0 Å². The van der Waals surface area contributed by atoms with Gasteiger partial charge in [-0.25, -0.2) is 0 Å². The minimum Gasteiger partial charge on any atom is -0.385 e. The highest BCUT2D eigenvalue weighted by atomic mass is 35.5. The Morgan fingerprint density at radius 1 is 1.22 bits per heavy atom. The lowest BCUT2D eigenvalue weighted by Gasteiger charge is -2.22. The van der Waals surface area contributed by atoms with E-state index >= 15 is 0 Å². The van der Waals surface area contributed by atoms with Crippen molar-refractivity contribution in [2.24, 2.45) is 0 Å². The third-order valence-electron chi connectivity index (χ3n) is 4.63. The van der Waals surface area contributed by atoms with Gasteiger partial charge in [-0.2, -0.15) is 0 Å². The molecule has 1 aromatic rings.